The van der Waals surface area contributed by atoms with E-state index in [2.05, 4.69) is 10.3 Å². The third kappa shape index (κ3) is 3.10. The van der Waals surface area contributed by atoms with Crippen molar-refractivity contribution in [3.8, 4) is 0 Å². The number of H-pyrrole nitrogens is 1. The molecule has 5 nitrogen and oxygen atoms in total. The lowest BCUT2D eigenvalue weighted by molar-refractivity contribution is 0.0731. The summed E-state index contributed by atoms with van der Waals surface area (Å²) in [6, 6.07) is 3.70. The molecule has 1 aliphatic carbocycles. The smallest absolute Gasteiger partial charge is 0.260 e. The molecule has 2 heterocycles. The molecule has 0 spiro atoms. The van der Waals surface area contributed by atoms with E-state index >= 15 is 0 Å². The number of rotatable bonds is 5. The van der Waals surface area contributed by atoms with Crippen LogP contribution in [0.5, 0.6) is 0 Å². The minimum atomic E-state index is -0.294. The lowest BCUT2D eigenvalue weighted by atomic mass is 10.1. The van der Waals surface area contributed by atoms with Crippen molar-refractivity contribution in [3.05, 3.63) is 34.2 Å². The Morgan fingerprint density at radius 1 is 1.30 bits per heavy atom. The van der Waals surface area contributed by atoms with Gasteiger partial charge in [-0.15, -0.1) is 0 Å². The molecule has 1 aromatic rings. The number of nitrogens with zero attached hydrogens (tertiary/aromatic N) is 1. The van der Waals surface area contributed by atoms with Crippen molar-refractivity contribution >= 4 is 5.91 Å². The topological polar surface area (TPSA) is 65.2 Å². The van der Waals surface area contributed by atoms with Gasteiger partial charge in [0, 0.05) is 25.3 Å². The highest BCUT2D eigenvalue weighted by Crippen LogP contribution is 2.30. The monoisotopic (exact) mass is 275 g/mol. The van der Waals surface area contributed by atoms with Crippen molar-refractivity contribution in [2.24, 2.45) is 5.92 Å². The first-order valence-electron chi connectivity index (χ1n) is 7.44. The van der Waals surface area contributed by atoms with Crippen LogP contribution in [-0.4, -0.2) is 41.5 Å². The number of hydrogen-bond donors (Lipinski definition) is 2. The maximum Gasteiger partial charge on any atom is 0.260 e. The van der Waals surface area contributed by atoms with Gasteiger partial charge in [-0.2, -0.15) is 0 Å². The van der Waals surface area contributed by atoms with E-state index in [1.165, 1.54) is 19.3 Å². The zero-order valence-electron chi connectivity index (χ0n) is 11.6. The van der Waals surface area contributed by atoms with E-state index in [0.29, 0.717) is 18.5 Å². The minimum Gasteiger partial charge on any atom is -0.337 e. The van der Waals surface area contributed by atoms with E-state index in [0.717, 1.165) is 19.5 Å². The third-order valence-electron chi connectivity index (χ3n) is 4.11. The fourth-order valence-electron chi connectivity index (χ4n) is 2.79. The van der Waals surface area contributed by atoms with E-state index in [1.54, 1.807) is 18.3 Å². The molecular weight excluding hydrogens is 254 g/mol. The first-order chi connectivity index (χ1) is 9.74. The first kappa shape index (κ1) is 13.4. The Bertz CT molecular complexity index is 530. The molecule has 2 fully saturated rings. The quantitative estimate of drug-likeness (QED) is 0.842. The van der Waals surface area contributed by atoms with Gasteiger partial charge in [0.05, 0.1) is 0 Å². The average molecular weight is 275 g/mol. The second-order valence-electron chi connectivity index (χ2n) is 5.86. The Balaban J connectivity index is 1.74. The molecule has 0 bridgehead atoms. The molecule has 1 unspecified atom stereocenters. The highest BCUT2D eigenvalue weighted by atomic mass is 16.2. The Kier molecular flexibility index (Phi) is 3.87. The van der Waals surface area contributed by atoms with Gasteiger partial charge < -0.3 is 15.2 Å². The average Bonchev–Trinajstić information content (AvgIpc) is 3.11. The van der Waals surface area contributed by atoms with Crippen LogP contribution in [0.4, 0.5) is 0 Å². The first-order valence-corrected chi connectivity index (χ1v) is 7.44. The highest BCUT2D eigenvalue weighted by molar-refractivity contribution is 5.93. The van der Waals surface area contributed by atoms with Gasteiger partial charge in [-0.1, -0.05) is 0 Å². The van der Waals surface area contributed by atoms with E-state index < -0.39 is 0 Å². The summed E-state index contributed by atoms with van der Waals surface area (Å²) in [5.41, 5.74) is -0.0381. The Morgan fingerprint density at radius 3 is 2.80 bits per heavy atom. The molecule has 20 heavy (non-hydrogen) atoms. The van der Waals surface area contributed by atoms with Crippen LogP contribution in [-0.2, 0) is 0 Å². The largest absolute Gasteiger partial charge is 0.337 e. The number of carbonyl (C=O) groups is 1. The van der Waals surface area contributed by atoms with Gasteiger partial charge in [-0.25, -0.2) is 0 Å². The number of hydrogen-bond acceptors (Lipinski definition) is 3. The number of aromatic amines is 1. The summed E-state index contributed by atoms with van der Waals surface area (Å²) >= 11 is 0. The predicted molar refractivity (Wildman–Crippen MR) is 76.7 cm³/mol. The van der Waals surface area contributed by atoms with Gasteiger partial charge in [0.25, 0.3) is 11.5 Å². The van der Waals surface area contributed by atoms with Crippen molar-refractivity contribution in [1.82, 2.24) is 15.2 Å². The van der Waals surface area contributed by atoms with Crippen molar-refractivity contribution in [3.63, 3.8) is 0 Å². The van der Waals surface area contributed by atoms with Crippen LogP contribution in [0.2, 0.25) is 0 Å². The zero-order chi connectivity index (χ0) is 13.9. The van der Waals surface area contributed by atoms with E-state index in [9.17, 15) is 9.59 Å². The van der Waals surface area contributed by atoms with E-state index in [4.69, 9.17) is 0 Å². The van der Waals surface area contributed by atoms with Crippen LogP contribution >= 0.6 is 0 Å². The maximum atomic E-state index is 12.6. The second-order valence-corrected chi connectivity index (χ2v) is 5.86. The number of carbonyl (C=O) groups excluding carboxylic acids is 1. The second kappa shape index (κ2) is 5.79. The summed E-state index contributed by atoms with van der Waals surface area (Å²) < 4.78 is 0. The molecule has 2 aliphatic rings. The lowest BCUT2D eigenvalue weighted by Crippen LogP contribution is -2.43. The summed E-state index contributed by atoms with van der Waals surface area (Å²) in [6.45, 7) is 2.52. The zero-order valence-corrected chi connectivity index (χ0v) is 11.6. The molecule has 5 heteroatoms. The van der Waals surface area contributed by atoms with E-state index in [1.807, 2.05) is 4.90 Å². The molecular formula is C15H21N3O2. The molecule has 1 amide bonds. The molecule has 0 radical (unpaired) electrons. The normalized spacial score (nSPS) is 21.9. The van der Waals surface area contributed by atoms with Gasteiger partial charge in [0.1, 0.15) is 5.56 Å². The molecule has 108 valence electrons. The number of amides is 1. The SMILES string of the molecule is O=C(c1ccc[nH]c1=O)N(CC1CC1)CC1CCCN1. The van der Waals surface area contributed by atoms with Crippen LogP contribution in [0, 0.1) is 5.92 Å². The lowest BCUT2D eigenvalue weighted by Gasteiger charge is -2.25. The summed E-state index contributed by atoms with van der Waals surface area (Å²) in [5, 5.41) is 3.42. The van der Waals surface area contributed by atoms with Crippen LogP contribution in [0.3, 0.4) is 0 Å². The summed E-state index contributed by atoms with van der Waals surface area (Å²) in [5.74, 6) is 0.496. The molecule has 2 N–H and O–H groups in total. The van der Waals surface area contributed by atoms with Crippen LogP contribution < -0.4 is 10.9 Å². The molecule has 1 saturated carbocycles. The maximum absolute atomic E-state index is 12.6. The highest BCUT2D eigenvalue weighted by Gasteiger charge is 2.30. The number of nitrogens with one attached hydrogen (secondary N) is 2. The minimum absolute atomic E-state index is 0.132. The predicted octanol–water partition coefficient (Wildman–Crippen LogP) is 0.979. The molecule has 3 rings (SSSR count). The van der Waals surface area contributed by atoms with Crippen LogP contribution in [0.15, 0.2) is 23.1 Å². The Hall–Kier alpha value is -1.62. The van der Waals surface area contributed by atoms with Crippen LogP contribution in [0.1, 0.15) is 36.0 Å². The number of aromatic nitrogens is 1. The van der Waals surface area contributed by atoms with Crippen molar-refractivity contribution in [2.75, 3.05) is 19.6 Å². The fraction of sp³-hybridized carbons (Fsp3) is 0.600. The van der Waals surface area contributed by atoms with Crippen molar-refractivity contribution in [2.45, 2.75) is 31.7 Å². The van der Waals surface area contributed by atoms with Gasteiger partial charge >= 0.3 is 0 Å². The third-order valence-corrected chi connectivity index (χ3v) is 4.11. The van der Waals surface area contributed by atoms with Gasteiger partial charge in [0.15, 0.2) is 0 Å². The Labute approximate surface area is 118 Å². The molecule has 1 aliphatic heterocycles. The summed E-state index contributed by atoms with van der Waals surface area (Å²) in [4.78, 5) is 28.8. The van der Waals surface area contributed by atoms with E-state index in [-0.39, 0.29) is 17.0 Å². The van der Waals surface area contributed by atoms with Gasteiger partial charge in [0.2, 0.25) is 0 Å². The Morgan fingerprint density at radius 2 is 2.15 bits per heavy atom. The molecule has 1 saturated heterocycles. The standard InChI is InChI=1S/C15H21N3O2/c19-14-13(4-2-8-17-14)15(20)18(9-11-5-6-11)10-12-3-1-7-16-12/h2,4,8,11-12,16H,1,3,5-7,9-10H2,(H,17,19). The van der Waals surface area contributed by atoms with Crippen molar-refractivity contribution in [1.29, 1.82) is 0 Å². The molecule has 1 atom stereocenters. The fourth-order valence-corrected chi connectivity index (χ4v) is 2.79. The van der Waals surface area contributed by atoms with Gasteiger partial charge in [-0.3, -0.25) is 9.59 Å². The van der Waals surface area contributed by atoms with Crippen molar-refractivity contribution < 1.29 is 4.79 Å². The molecule has 0 aromatic carbocycles. The molecule has 1 aromatic heterocycles. The summed E-state index contributed by atoms with van der Waals surface area (Å²) in [7, 11) is 0. The summed E-state index contributed by atoms with van der Waals surface area (Å²) in [6.07, 6.45) is 6.24. The van der Waals surface area contributed by atoms with Crippen LogP contribution in [0.25, 0.3) is 0 Å². The van der Waals surface area contributed by atoms with Gasteiger partial charge in [-0.05, 0) is 50.3 Å². The number of pyridine rings is 1.